The molecular weight excluding hydrogens is 329 g/mol. The molecule has 0 aliphatic carbocycles. The van der Waals surface area contributed by atoms with E-state index in [4.69, 9.17) is 0 Å². The van der Waals surface area contributed by atoms with Gasteiger partial charge in [-0.2, -0.15) is 13.2 Å². The van der Waals surface area contributed by atoms with Crippen LogP contribution >= 0.6 is 27.3 Å². The first-order valence-corrected chi connectivity index (χ1v) is 6.63. The maximum absolute atomic E-state index is 12.7. The van der Waals surface area contributed by atoms with E-state index >= 15 is 0 Å². The Bertz CT molecular complexity index is 539. The summed E-state index contributed by atoms with van der Waals surface area (Å²) in [5, 5.41) is 4.58. The van der Waals surface area contributed by atoms with Gasteiger partial charge in [0.05, 0.1) is 12.1 Å². The van der Waals surface area contributed by atoms with Crippen LogP contribution in [0.1, 0.15) is 10.4 Å². The lowest BCUT2D eigenvalue weighted by atomic mass is 10.2. The van der Waals surface area contributed by atoms with Gasteiger partial charge in [0.2, 0.25) is 0 Å². The predicted octanol–water partition coefficient (Wildman–Crippen LogP) is 4.54. The predicted molar refractivity (Wildman–Crippen MR) is 68.6 cm³/mol. The van der Waals surface area contributed by atoms with E-state index in [-0.39, 0.29) is 5.82 Å². The van der Waals surface area contributed by atoms with Gasteiger partial charge in [0.1, 0.15) is 5.82 Å². The molecule has 2 rings (SSSR count). The first-order chi connectivity index (χ1) is 8.47. The molecule has 0 fully saturated rings. The van der Waals surface area contributed by atoms with Crippen molar-refractivity contribution >= 4 is 33.1 Å². The van der Waals surface area contributed by atoms with E-state index in [1.807, 2.05) is 11.4 Å². The number of rotatable bonds is 3. The highest BCUT2D eigenvalue weighted by atomic mass is 79.9. The van der Waals surface area contributed by atoms with E-state index in [1.165, 1.54) is 23.6 Å². The van der Waals surface area contributed by atoms with Crippen LogP contribution in [0.3, 0.4) is 0 Å². The van der Waals surface area contributed by atoms with Crippen LogP contribution in [0.25, 0.3) is 0 Å². The average molecular weight is 337 g/mol. The Morgan fingerprint density at radius 1 is 1.39 bits per heavy atom. The summed E-state index contributed by atoms with van der Waals surface area (Å²) < 4.78 is 39.0. The fourth-order valence-corrected chi connectivity index (χ4v) is 2.78. The minimum absolute atomic E-state index is 0.144. The molecule has 0 unspecified atom stereocenters. The van der Waals surface area contributed by atoms with E-state index in [1.54, 1.807) is 0 Å². The van der Waals surface area contributed by atoms with Gasteiger partial charge in [0, 0.05) is 20.9 Å². The molecule has 0 spiro atoms. The van der Waals surface area contributed by atoms with Crippen molar-refractivity contribution in [2.75, 3.05) is 5.32 Å². The van der Waals surface area contributed by atoms with Crippen molar-refractivity contribution in [3.8, 4) is 0 Å². The first-order valence-electron chi connectivity index (χ1n) is 4.96. The number of aromatic nitrogens is 1. The van der Waals surface area contributed by atoms with Gasteiger partial charge in [-0.05, 0) is 34.1 Å². The summed E-state index contributed by atoms with van der Waals surface area (Å²) in [6, 6.07) is 4.14. The second-order valence-electron chi connectivity index (χ2n) is 3.48. The van der Waals surface area contributed by atoms with Crippen molar-refractivity contribution < 1.29 is 13.2 Å². The maximum atomic E-state index is 12.7. The summed E-state index contributed by atoms with van der Waals surface area (Å²) in [7, 11) is 0. The number of anilines is 1. The number of halogens is 4. The fourth-order valence-electron chi connectivity index (χ4n) is 1.39. The molecule has 18 heavy (non-hydrogen) atoms. The summed E-state index contributed by atoms with van der Waals surface area (Å²) in [6.07, 6.45) is -3.06. The molecule has 0 bridgehead atoms. The molecule has 1 N–H and O–H groups in total. The molecule has 0 aliphatic rings. The highest BCUT2D eigenvalue weighted by molar-refractivity contribution is 9.10. The van der Waals surface area contributed by atoms with Crippen molar-refractivity contribution in [2.24, 2.45) is 0 Å². The van der Waals surface area contributed by atoms with Gasteiger partial charge in [-0.3, -0.25) is 0 Å². The zero-order valence-corrected chi connectivity index (χ0v) is 11.4. The van der Waals surface area contributed by atoms with Crippen molar-refractivity contribution in [1.29, 1.82) is 0 Å². The van der Waals surface area contributed by atoms with Crippen LogP contribution in [0, 0.1) is 0 Å². The Hall–Kier alpha value is -1.08. The van der Waals surface area contributed by atoms with Gasteiger partial charge in [0.15, 0.2) is 0 Å². The van der Waals surface area contributed by atoms with Gasteiger partial charge in [0.25, 0.3) is 0 Å². The highest BCUT2D eigenvalue weighted by Gasteiger charge is 2.33. The van der Waals surface area contributed by atoms with E-state index in [0.717, 1.165) is 15.4 Å². The Balaban J connectivity index is 2.14. The number of nitrogens with one attached hydrogen (secondary N) is 1. The van der Waals surface area contributed by atoms with Crippen LogP contribution in [0.4, 0.5) is 19.0 Å². The smallest absolute Gasteiger partial charge is 0.365 e. The zero-order valence-electron chi connectivity index (χ0n) is 8.96. The molecule has 0 amide bonds. The Labute approximate surface area is 114 Å². The summed E-state index contributed by atoms with van der Waals surface area (Å²) in [4.78, 5) is 4.66. The molecule has 0 aromatic carbocycles. The van der Waals surface area contributed by atoms with E-state index in [9.17, 15) is 13.2 Å². The molecule has 96 valence electrons. The van der Waals surface area contributed by atoms with E-state index in [2.05, 4.69) is 26.2 Å². The number of alkyl halides is 3. The Kier molecular flexibility index (Phi) is 3.91. The van der Waals surface area contributed by atoms with Crippen LogP contribution in [0.5, 0.6) is 0 Å². The maximum Gasteiger partial charge on any atom is 0.419 e. The molecule has 2 aromatic rings. The van der Waals surface area contributed by atoms with Crippen molar-refractivity contribution in [3.05, 3.63) is 44.7 Å². The monoisotopic (exact) mass is 336 g/mol. The van der Waals surface area contributed by atoms with Gasteiger partial charge in [-0.1, -0.05) is 0 Å². The summed E-state index contributed by atoms with van der Waals surface area (Å²) in [5.41, 5.74) is -0.749. The molecule has 0 aliphatic heterocycles. The van der Waals surface area contributed by atoms with E-state index in [0.29, 0.717) is 6.54 Å². The third-order valence-electron chi connectivity index (χ3n) is 2.16. The van der Waals surface area contributed by atoms with Crippen molar-refractivity contribution in [3.63, 3.8) is 0 Å². The normalized spacial score (nSPS) is 11.6. The number of hydrogen-bond donors (Lipinski definition) is 1. The standard InChI is InChI=1S/C11H8BrF3N2S/c12-7-4-8(18-6-7)5-17-10-9(11(13,14)15)2-1-3-16-10/h1-4,6H,5H2,(H,16,17). The highest BCUT2D eigenvalue weighted by Crippen LogP contribution is 2.33. The molecule has 0 atom stereocenters. The summed E-state index contributed by atoms with van der Waals surface area (Å²) in [5.74, 6) is -0.144. The topological polar surface area (TPSA) is 24.9 Å². The average Bonchev–Trinajstić information content (AvgIpc) is 2.72. The van der Waals surface area contributed by atoms with Crippen molar-refractivity contribution in [2.45, 2.75) is 12.7 Å². The van der Waals surface area contributed by atoms with Crippen LogP contribution in [-0.2, 0) is 12.7 Å². The third kappa shape index (κ3) is 3.23. The van der Waals surface area contributed by atoms with Crippen LogP contribution in [0.15, 0.2) is 34.2 Å². The second-order valence-corrected chi connectivity index (χ2v) is 5.39. The SMILES string of the molecule is FC(F)(F)c1cccnc1NCc1cc(Br)cs1. The lowest BCUT2D eigenvalue weighted by molar-refractivity contribution is -0.137. The Morgan fingerprint density at radius 2 is 2.17 bits per heavy atom. The summed E-state index contributed by atoms with van der Waals surface area (Å²) in [6.45, 7) is 0.316. The Morgan fingerprint density at radius 3 is 2.78 bits per heavy atom. The van der Waals surface area contributed by atoms with Crippen molar-refractivity contribution in [1.82, 2.24) is 4.98 Å². The van der Waals surface area contributed by atoms with E-state index < -0.39 is 11.7 Å². The quantitative estimate of drug-likeness (QED) is 0.890. The molecule has 0 radical (unpaired) electrons. The van der Waals surface area contributed by atoms with Gasteiger partial charge in [-0.15, -0.1) is 11.3 Å². The lowest BCUT2D eigenvalue weighted by Crippen LogP contribution is -2.11. The number of pyridine rings is 1. The van der Waals surface area contributed by atoms with Crippen LogP contribution in [-0.4, -0.2) is 4.98 Å². The molecule has 7 heteroatoms. The van der Waals surface area contributed by atoms with Crippen LogP contribution < -0.4 is 5.32 Å². The molecule has 2 aromatic heterocycles. The molecule has 0 saturated carbocycles. The molecule has 2 heterocycles. The number of thiophene rings is 1. The molecular formula is C11H8BrF3N2S. The summed E-state index contributed by atoms with van der Waals surface area (Å²) >= 11 is 4.76. The van der Waals surface area contributed by atoms with Gasteiger partial charge in [-0.25, -0.2) is 4.98 Å². The lowest BCUT2D eigenvalue weighted by Gasteiger charge is -2.12. The minimum atomic E-state index is -4.40. The van der Waals surface area contributed by atoms with Crippen LogP contribution in [0.2, 0.25) is 0 Å². The molecule has 0 saturated heterocycles. The zero-order chi connectivity index (χ0) is 13.2. The third-order valence-corrected chi connectivity index (χ3v) is 3.86. The van der Waals surface area contributed by atoms with Gasteiger partial charge < -0.3 is 5.32 Å². The molecule has 2 nitrogen and oxygen atoms in total. The largest absolute Gasteiger partial charge is 0.419 e. The fraction of sp³-hybridized carbons (Fsp3) is 0.182. The first kappa shape index (κ1) is 13.4. The second kappa shape index (κ2) is 5.27. The van der Waals surface area contributed by atoms with Gasteiger partial charge >= 0.3 is 6.18 Å². The number of hydrogen-bond acceptors (Lipinski definition) is 3. The minimum Gasteiger partial charge on any atom is -0.365 e. The number of nitrogens with zero attached hydrogens (tertiary/aromatic N) is 1.